The molecule has 0 bridgehead atoms. The van der Waals surface area contributed by atoms with E-state index in [-0.39, 0.29) is 4.90 Å². The second-order valence-electron chi connectivity index (χ2n) is 4.84. The van der Waals surface area contributed by atoms with E-state index < -0.39 is 10.0 Å². The van der Waals surface area contributed by atoms with Gasteiger partial charge in [-0.1, -0.05) is 37.3 Å². The summed E-state index contributed by atoms with van der Waals surface area (Å²) < 4.78 is 26.8. The number of benzene rings is 2. The van der Waals surface area contributed by atoms with Crippen LogP contribution in [0.5, 0.6) is 0 Å². The Morgan fingerprint density at radius 3 is 2.65 bits per heavy atom. The van der Waals surface area contributed by atoms with Gasteiger partial charge in [0.25, 0.3) is 0 Å². The maximum absolute atomic E-state index is 12.1. The van der Waals surface area contributed by atoms with Crippen LogP contribution >= 0.6 is 0 Å². The van der Waals surface area contributed by atoms with Crippen molar-refractivity contribution in [1.82, 2.24) is 4.72 Å². The average Bonchev–Trinajstić information content (AvgIpc) is 2.78. The Balaban J connectivity index is 2.16. The molecule has 5 heteroatoms. The highest BCUT2D eigenvalue weighted by Gasteiger charge is 2.25. The van der Waals surface area contributed by atoms with E-state index in [9.17, 15) is 8.42 Å². The number of anilines is 1. The minimum Gasteiger partial charge on any atom is -0.397 e. The second kappa shape index (κ2) is 4.61. The Kier molecular flexibility index (Phi) is 3.03. The number of nitrogens with two attached hydrogens (primary N) is 1. The first-order valence-corrected chi connectivity index (χ1v) is 8.02. The first-order chi connectivity index (χ1) is 9.54. The van der Waals surface area contributed by atoms with Gasteiger partial charge >= 0.3 is 0 Å². The van der Waals surface area contributed by atoms with Crippen molar-refractivity contribution in [1.29, 1.82) is 0 Å². The summed E-state index contributed by atoms with van der Waals surface area (Å²) in [6.07, 6.45) is 0.687. The molecular weight excluding hydrogens is 272 g/mol. The molecular formula is C15H16N2O2S. The Morgan fingerprint density at radius 2 is 1.90 bits per heavy atom. The van der Waals surface area contributed by atoms with Crippen molar-refractivity contribution in [2.45, 2.75) is 18.2 Å². The van der Waals surface area contributed by atoms with Crippen molar-refractivity contribution in [3.63, 3.8) is 0 Å². The summed E-state index contributed by atoms with van der Waals surface area (Å²) in [5.41, 5.74) is 10.7. The van der Waals surface area contributed by atoms with Crippen LogP contribution in [-0.2, 0) is 16.4 Å². The summed E-state index contributed by atoms with van der Waals surface area (Å²) in [4.78, 5) is 0.172. The summed E-state index contributed by atoms with van der Waals surface area (Å²) in [6.45, 7) is 2.09. The predicted octanol–water partition coefficient (Wildman–Crippen LogP) is 2.14. The van der Waals surface area contributed by atoms with Crippen molar-refractivity contribution in [3.05, 3.63) is 47.5 Å². The Labute approximate surface area is 118 Å². The number of nitrogen functional groups attached to an aromatic ring is 1. The molecule has 20 heavy (non-hydrogen) atoms. The topological polar surface area (TPSA) is 72.2 Å². The molecule has 0 saturated heterocycles. The van der Waals surface area contributed by atoms with Gasteiger partial charge in [-0.3, -0.25) is 0 Å². The number of rotatable bonds is 3. The Morgan fingerprint density at radius 1 is 1.15 bits per heavy atom. The molecule has 104 valence electrons. The lowest BCUT2D eigenvalue weighted by Gasteiger charge is -2.11. The normalized spacial score (nSPS) is 13.1. The Bertz CT molecular complexity index is 782. The van der Waals surface area contributed by atoms with Gasteiger partial charge in [0, 0.05) is 13.0 Å². The van der Waals surface area contributed by atoms with E-state index in [2.05, 4.69) is 4.72 Å². The molecule has 0 unspecified atom stereocenters. The smallest absolute Gasteiger partial charge is 0.242 e. The molecule has 1 aliphatic rings. The van der Waals surface area contributed by atoms with E-state index in [0.717, 1.165) is 16.7 Å². The molecule has 0 atom stereocenters. The van der Waals surface area contributed by atoms with Crippen molar-refractivity contribution in [2.24, 2.45) is 0 Å². The highest BCUT2D eigenvalue weighted by atomic mass is 32.2. The van der Waals surface area contributed by atoms with E-state index in [4.69, 9.17) is 5.73 Å². The number of hydrogen-bond acceptors (Lipinski definition) is 3. The van der Waals surface area contributed by atoms with Crippen molar-refractivity contribution in [2.75, 3.05) is 12.3 Å². The molecule has 0 radical (unpaired) electrons. The fraction of sp³-hybridized carbons (Fsp3) is 0.200. The molecule has 0 spiro atoms. The molecule has 0 fully saturated rings. The van der Waals surface area contributed by atoms with Crippen LogP contribution in [0.4, 0.5) is 5.69 Å². The van der Waals surface area contributed by atoms with Gasteiger partial charge in [-0.05, 0) is 28.3 Å². The summed E-state index contributed by atoms with van der Waals surface area (Å²) in [6, 6.07) is 11.5. The van der Waals surface area contributed by atoms with Gasteiger partial charge in [0.05, 0.1) is 5.69 Å². The van der Waals surface area contributed by atoms with Gasteiger partial charge in [0.2, 0.25) is 10.0 Å². The fourth-order valence-electron chi connectivity index (χ4n) is 2.72. The van der Waals surface area contributed by atoms with E-state index in [0.29, 0.717) is 18.7 Å². The van der Waals surface area contributed by atoms with Gasteiger partial charge in [-0.2, -0.15) is 0 Å². The molecule has 0 aliphatic heterocycles. The highest BCUT2D eigenvalue weighted by molar-refractivity contribution is 7.89. The highest BCUT2D eigenvalue weighted by Crippen LogP contribution is 2.41. The molecule has 0 amide bonds. The third-order valence-corrected chi connectivity index (χ3v) is 5.22. The minimum absolute atomic E-state index is 0.172. The molecule has 3 N–H and O–H groups in total. The molecule has 1 aliphatic carbocycles. The molecule has 0 saturated carbocycles. The zero-order valence-electron chi connectivity index (χ0n) is 11.2. The van der Waals surface area contributed by atoms with Gasteiger partial charge in [0.1, 0.15) is 4.90 Å². The van der Waals surface area contributed by atoms with Gasteiger partial charge in [-0.15, -0.1) is 0 Å². The van der Waals surface area contributed by atoms with Crippen LogP contribution < -0.4 is 10.5 Å². The lowest BCUT2D eigenvalue weighted by molar-refractivity contribution is 0.584. The van der Waals surface area contributed by atoms with Gasteiger partial charge in [-0.25, -0.2) is 13.1 Å². The van der Waals surface area contributed by atoms with E-state index >= 15 is 0 Å². The number of sulfonamides is 1. The molecule has 0 heterocycles. The third kappa shape index (κ3) is 1.90. The predicted molar refractivity (Wildman–Crippen MR) is 80.0 cm³/mol. The zero-order valence-corrected chi connectivity index (χ0v) is 12.0. The first kappa shape index (κ1) is 13.1. The number of nitrogens with one attached hydrogen (secondary N) is 1. The van der Waals surface area contributed by atoms with Crippen molar-refractivity contribution >= 4 is 15.7 Å². The maximum Gasteiger partial charge on any atom is 0.242 e. The van der Waals surface area contributed by atoms with Crippen LogP contribution in [0.2, 0.25) is 0 Å². The largest absolute Gasteiger partial charge is 0.397 e. The lowest BCUT2D eigenvalue weighted by atomic mass is 10.1. The summed E-state index contributed by atoms with van der Waals surface area (Å²) in [5, 5.41) is 0. The SMILES string of the molecule is CCNS(=O)(=O)c1ccc2c(c1N)Cc1ccccc1-2. The molecule has 2 aromatic carbocycles. The third-order valence-electron chi connectivity index (χ3n) is 3.62. The Hall–Kier alpha value is -1.85. The van der Waals surface area contributed by atoms with Crippen LogP contribution in [0.1, 0.15) is 18.1 Å². The van der Waals surface area contributed by atoms with Crippen molar-refractivity contribution < 1.29 is 8.42 Å². The zero-order chi connectivity index (χ0) is 14.3. The second-order valence-corrected chi connectivity index (χ2v) is 6.57. The van der Waals surface area contributed by atoms with E-state index in [1.165, 1.54) is 5.56 Å². The molecule has 2 aromatic rings. The monoisotopic (exact) mass is 288 g/mol. The van der Waals surface area contributed by atoms with Gasteiger partial charge in [0.15, 0.2) is 0 Å². The minimum atomic E-state index is -3.52. The standard InChI is InChI=1S/C15H16N2O2S/c1-2-17-20(18,19)14-8-7-12-11-6-4-3-5-10(11)9-13(12)15(14)16/h3-8,17H,2,9,16H2,1H3. The maximum atomic E-state index is 12.1. The quantitative estimate of drug-likeness (QED) is 0.725. The average molecular weight is 288 g/mol. The fourth-order valence-corrected chi connectivity index (χ4v) is 3.91. The van der Waals surface area contributed by atoms with Crippen molar-refractivity contribution in [3.8, 4) is 11.1 Å². The van der Waals surface area contributed by atoms with E-state index in [1.807, 2.05) is 30.3 Å². The van der Waals surface area contributed by atoms with Crippen LogP contribution in [-0.4, -0.2) is 15.0 Å². The van der Waals surface area contributed by atoms with Crippen LogP contribution in [0, 0.1) is 0 Å². The summed E-state index contributed by atoms with van der Waals surface area (Å²) >= 11 is 0. The lowest BCUT2D eigenvalue weighted by Crippen LogP contribution is -2.24. The number of fused-ring (bicyclic) bond motifs is 3. The molecule has 3 rings (SSSR count). The first-order valence-electron chi connectivity index (χ1n) is 6.54. The van der Waals surface area contributed by atoms with Crippen LogP contribution in [0.3, 0.4) is 0 Å². The molecule has 4 nitrogen and oxygen atoms in total. The van der Waals surface area contributed by atoms with E-state index in [1.54, 1.807) is 13.0 Å². The van der Waals surface area contributed by atoms with Gasteiger partial charge < -0.3 is 5.73 Å². The summed E-state index contributed by atoms with van der Waals surface area (Å²) in [7, 11) is -3.52. The van der Waals surface area contributed by atoms with Crippen LogP contribution in [0.15, 0.2) is 41.3 Å². The summed E-state index contributed by atoms with van der Waals surface area (Å²) in [5.74, 6) is 0. The number of hydrogen-bond donors (Lipinski definition) is 2. The van der Waals surface area contributed by atoms with Crippen LogP contribution in [0.25, 0.3) is 11.1 Å². The molecule has 0 aromatic heterocycles.